The molecule has 0 spiro atoms. The molecule has 0 aliphatic rings. The molecule has 1 aromatic carbocycles. The summed E-state index contributed by atoms with van der Waals surface area (Å²) in [5.41, 5.74) is 1.89. The highest BCUT2D eigenvalue weighted by Crippen LogP contribution is 2.24. The zero-order valence-electron chi connectivity index (χ0n) is 17.7. The number of ether oxygens (including phenoxy) is 2. The molecule has 158 valence electrons. The number of hydrogen-bond donors (Lipinski definition) is 2. The van der Waals surface area contributed by atoms with E-state index in [9.17, 15) is 4.79 Å². The van der Waals surface area contributed by atoms with Gasteiger partial charge in [-0.15, -0.1) is 11.3 Å². The van der Waals surface area contributed by atoms with Crippen LogP contribution in [0.1, 0.15) is 52.7 Å². The highest BCUT2D eigenvalue weighted by atomic mass is 32.1. The number of aromatic nitrogens is 1. The van der Waals surface area contributed by atoms with E-state index in [0.29, 0.717) is 29.7 Å². The lowest BCUT2D eigenvalue weighted by Crippen LogP contribution is -2.39. The average Bonchev–Trinajstić information content (AvgIpc) is 3.10. The number of nitrogens with zero attached hydrogens (tertiary/aromatic N) is 2. The second-order valence-electron chi connectivity index (χ2n) is 6.38. The Morgan fingerprint density at radius 1 is 1.31 bits per heavy atom. The van der Waals surface area contributed by atoms with Gasteiger partial charge in [-0.25, -0.2) is 9.78 Å². The summed E-state index contributed by atoms with van der Waals surface area (Å²) in [6, 6.07) is 8.01. The lowest BCUT2D eigenvalue weighted by atomic mass is 10.1. The van der Waals surface area contributed by atoms with Crippen LogP contribution >= 0.6 is 11.3 Å². The van der Waals surface area contributed by atoms with Gasteiger partial charge in [0.25, 0.3) is 0 Å². The first-order valence-electron chi connectivity index (χ1n) is 9.81. The second kappa shape index (κ2) is 11.4. The summed E-state index contributed by atoms with van der Waals surface area (Å²) in [5, 5.41) is 7.46. The summed E-state index contributed by atoms with van der Waals surface area (Å²) in [4.78, 5) is 21.3. The molecule has 1 unspecified atom stereocenters. The Labute approximate surface area is 176 Å². The minimum absolute atomic E-state index is 0.0886. The van der Waals surface area contributed by atoms with Gasteiger partial charge in [-0.05, 0) is 51.8 Å². The van der Waals surface area contributed by atoms with Gasteiger partial charge in [0, 0.05) is 13.6 Å². The summed E-state index contributed by atoms with van der Waals surface area (Å²) in [6.07, 6.45) is 0.847. The summed E-state index contributed by atoms with van der Waals surface area (Å²) in [5.74, 6) is 1.25. The molecular weight excluding hydrogens is 388 g/mol. The summed E-state index contributed by atoms with van der Waals surface area (Å²) in [7, 11) is 1.73. The van der Waals surface area contributed by atoms with Crippen LogP contribution in [-0.4, -0.2) is 43.7 Å². The van der Waals surface area contributed by atoms with Gasteiger partial charge in [0.15, 0.2) is 5.96 Å². The standard InChI is InChI=1S/C21H30N4O3S/c1-6-27-17-10-8-9-16(13-17)11-12-23-21(22-5)25-15(4)19-24-14(3)18(29-19)20(26)28-7-2/h8-10,13,15H,6-7,11-12H2,1-5H3,(H2,22,23,25). The fraction of sp³-hybridized carbons (Fsp3) is 0.476. The summed E-state index contributed by atoms with van der Waals surface area (Å²) in [6.45, 7) is 9.32. The largest absolute Gasteiger partial charge is 0.494 e. The van der Waals surface area contributed by atoms with Crippen LogP contribution in [0.3, 0.4) is 0 Å². The lowest BCUT2D eigenvalue weighted by molar-refractivity contribution is 0.0531. The van der Waals surface area contributed by atoms with Crippen LogP contribution in [-0.2, 0) is 11.2 Å². The minimum atomic E-state index is -0.322. The maximum Gasteiger partial charge on any atom is 0.350 e. The maximum absolute atomic E-state index is 12.0. The number of guanidine groups is 1. The topological polar surface area (TPSA) is 84.8 Å². The molecule has 1 atom stereocenters. The molecule has 2 aromatic rings. The zero-order valence-corrected chi connectivity index (χ0v) is 18.6. The number of rotatable bonds is 9. The predicted octanol–water partition coefficient (Wildman–Crippen LogP) is 3.50. The first-order valence-corrected chi connectivity index (χ1v) is 10.6. The third kappa shape index (κ3) is 6.74. The van der Waals surface area contributed by atoms with Crippen molar-refractivity contribution in [3.63, 3.8) is 0 Å². The molecule has 1 aromatic heterocycles. The molecule has 0 aliphatic heterocycles. The Morgan fingerprint density at radius 3 is 2.79 bits per heavy atom. The molecule has 2 rings (SSSR count). The van der Waals surface area contributed by atoms with Crippen LogP contribution in [0.2, 0.25) is 0 Å². The monoisotopic (exact) mass is 418 g/mol. The molecule has 2 N–H and O–H groups in total. The van der Waals surface area contributed by atoms with Crippen molar-refractivity contribution in [3.8, 4) is 5.75 Å². The Balaban J connectivity index is 1.90. The Bertz CT molecular complexity index is 835. The van der Waals surface area contributed by atoms with Gasteiger partial charge in [-0.3, -0.25) is 4.99 Å². The molecule has 29 heavy (non-hydrogen) atoms. The number of aliphatic imine (C=N–C) groups is 1. The predicted molar refractivity (Wildman–Crippen MR) is 117 cm³/mol. The van der Waals surface area contributed by atoms with E-state index in [-0.39, 0.29) is 12.0 Å². The van der Waals surface area contributed by atoms with E-state index in [2.05, 4.69) is 32.7 Å². The van der Waals surface area contributed by atoms with Crippen LogP contribution < -0.4 is 15.4 Å². The van der Waals surface area contributed by atoms with E-state index in [1.165, 1.54) is 16.9 Å². The highest BCUT2D eigenvalue weighted by Gasteiger charge is 2.20. The number of benzene rings is 1. The van der Waals surface area contributed by atoms with Crippen molar-refractivity contribution in [2.45, 2.75) is 40.2 Å². The fourth-order valence-corrected chi connectivity index (χ4v) is 3.70. The van der Waals surface area contributed by atoms with Crippen molar-refractivity contribution in [2.75, 3.05) is 26.8 Å². The number of esters is 1. The first kappa shape index (κ1) is 22.7. The Hall–Kier alpha value is -2.61. The third-order valence-electron chi connectivity index (χ3n) is 4.14. The number of nitrogens with one attached hydrogen (secondary N) is 2. The molecule has 0 amide bonds. The van der Waals surface area contributed by atoms with Gasteiger partial charge in [0.05, 0.1) is 24.9 Å². The van der Waals surface area contributed by atoms with Crippen molar-refractivity contribution < 1.29 is 14.3 Å². The van der Waals surface area contributed by atoms with E-state index in [4.69, 9.17) is 9.47 Å². The Kier molecular flexibility index (Phi) is 8.92. The highest BCUT2D eigenvalue weighted by molar-refractivity contribution is 7.13. The molecule has 0 bridgehead atoms. The molecule has 1 heterocycles. The van der Waals surface area contributed by atoms with Crippen LogP contribution in [0.25, 0.3) is 0 Å². The second-order valence-corrected chi connectivity index (χ2v) is 7.41. The number of thiazole rings is 1. The van der Waals surface area contributed by atoms with Crippen LogP contribution in [0.4, 0.5) is 0 Å². The lowest BCUT2D eigenvalue weighted by Gasteiger charge is -2.16. The molecule has 0 saturated heterocycles. The number of carbonyl (C=O) groups excluding carboxylic acids is 1. The van der Waals surface area contributed by atoms with Crippen molar-refractivity contribution in [1.82, 2.24) is 15.6 Å². The zero-order chi connectivity index (χ0) is 21.2. The molecular formula is C21H30N4O3S. The SMILES string of the molecule is CCOC(=O)c1sc(C(C)NC(=NC)NCCc2cccc(OCC)c2)nc1C. The van der Waals surface area contributed by atoms with Crippen molar-refractivity contribution >= 4 is 23.3 Å². The van der Waals surface area contributed by atoms with E-state index in [1.807, 2.05) is 32.9 Å². The van der Waals surface area contributed by atoms with Crippen molar-refractivity contribution in [1.29, 1.82) is 0 Å². The van der Waals surface area contributed by atoms with Crippen LogP contribution in [0.5, 0.6) is 5.75 Å². The normalized spacial score (nSPS) is 12.4. The van der Waals surface area contributed by atoms with Gasteiger partial charge in [0.1, 0.15) is 15.6 Å². The van der Waals surface area contributed by atoms with Gasteiger partial charge in [0.2, 0.25) is 0 Å². The fourth-order valence-electron chi connectivity index (χ4n) is 2.73. The first-order chi connectivity index (χ1) is 14.0. The molecule has 0 radical (unpaired) electrons. The maximum atomic E-state index is 12.0. The number of hydrogen-bond acceptors (Lipinski definition) is 6. The quantitative estimate of drug-likeness (QED) is 0.368. The molecule has 0 saturated carbocycles. The van der Waals surface area contributed by atoms with Crippen LogP contribution in [0, 0.1) is 6.92 Å². The van der Waals surface area contributed by atoms with E-state index < -0.39 is 0 Å². The molecule has 0 aliphatic carbocycles. The molecule has 8 heteroatoms. The number of carbonyl (C=O) groups is 1. The summed E-state index contributed by atoms with van der Waals surface area (Å²) < 4.78 is 10.6. The van der Waals surface area contributed by atoms with E-state index in [1.54, 1.807) is 14.0 Å². The smallest absolute Gasteiger partial charge is 0.350 e. The van der Waals surface area contributed by atoms with Gasteiger partial charge < -0.3 is 20.1 Å². The van der Waals surface area contributed by atoms with Gasteiger partial charge in [-0.1, -0.05) is 12.1 Å². The van der Waals surface area contributed by atoms with Crippen molar-refractivity contribution in [3.05, 3.63) is 45.4 Å². The third-order valence-corrected chi connectivity index (χ3v) is 5.46. The van der Waals surface area contributed by atoms with Crippen LogP contribution in [0.15, 0.2) is 29.3 Å². The van der Waals surface area contributed by atoms with Gasteiger partial charge >= 0.3 is 5.97 Å². The van der Waals surface area contributed by atoms with E-state index in [0.717, 1.165) is 23.7 Å². The summed E-state index contributed by atoms with van der Waals surface area (Å²) >= 11 is 1.35. The molecule has 0 fully saturated rings. The minimum Gasteiger partial charge on any atom is -0.494 e. The van der Waals surface area contributed by atoms with Crippen molar-refractivity contribution in [2.24, 2.45) is 4.99 Å². The number of aryl methyl sites for hydroxylation is 1. The molecule has 7 nitrogen and oxygen atoms in total. The average molecular weight is 419 g/mol. The van der Waals surface area contributed by atoms with Gasteiger partial charge in [-0.2, -0.15) is 0 Å². The van der Waals surface area contributed by atoms with E-state index >= 15 is 0 Å². The Morgan fingerprint density at radius 2 is 2.10 bits per heavy atom.